The Bertz CT molecular complexity index is 1090. The van der Waals surface area contributed by atoms with Crippen LogP contribution in [0, 0.1) is 11.8 Å². The van der Waals surface area contributed by atoms with Gasteiger partial charge in [0.05, 0.1) is 23.2 Å². The number of rotatable bonds is 11. The summed E-state index contributed by atoms with van der Waals surface area (Å²) in [7, 11) is 0. The molecule has 3 saturated heterocycles. The fraction of sp³-hybridized carbons (Fsp3) is 0.581. The summed E-state index contributed by atoms with van der Waals surface area (Å²) in [5.74, 6) is -1.28. The maximum atomic E-state index is 14.4. The average molecular weight is 552 g/mol. The molecular formula is C31H41N3O4S. The Hall–Kier alpha value is -2.58. The summed E-state index contributed by atoms with van der Waals surface area (Å²) in [6.45, 7) is 8.97. The van der Waals surface area contributed by atoms with E-state index in [4.69, 9.17) is 0 Å². The van der Waals surface area contributed by atoms with Crippen molar-refractivity contribution in [2.24, 2.45) is 11.8 Å². The minimum Gasteiger partial charge on any atom is -0.395 e. The van der Waals surface area contributed by atoms with Crippen LogP contribution in [0.5, 0.6) is 0 Å². The number of hydrogen-bond acceptors (Lipinski definition) is 5. The first-order valence-electron chi connectivity index (χ1n) is 14.4. The number of β-amino-alcohol motifs (C(OH)–C–C–N with tert-alkyl or cyclic N) is 1. The number of likely N-dealkylation sites (tertiary alicyclic amines) is 1. The van der Waals surface area contributed by atoms with Gasteiger partial charge < -0.3 is 19.8 Å². The molecule has 2 unspecified atom stereocenters. The smallest absolute Gasteiger partial charge is 0.247 e. The Morgan fingerprint density at radius 3 is 2.44 bits per heavy atom. The molecule has 1 spiro atoms. The first kappa shape index (κ1) is 28.0. The highest BCUT2D eigenvalue weighted by Gasteiger charge is 2.74. The molecule has 3 heterocycles. The molecule has 2 bridgehead atoms. The van der Waals surface area contributed by atoms with Gasteiger partial charge in [-0.3, -0.25) is 14.4 Å². The molecule has 3 amide bonds. The van der Waals surface area contributed by atoms with E-state index in [2.05, 4.69) is 13.2 Å². The quantitative estimate of drug-likeness (QED) is 0.425. The van der Waals surface area contributed by atoms with Gasteiger partial charge >= 0.3 is 0 Å². The van der Waals surface area contributed by atoms with E-state index in [1.165, 1.54) is 6.42 Å². The first-order chi connectivity index (χ1) is 19.0. The molecule has 4 aliphatic rings. The van der Waals surface area contributed by atoms with Gasteiger partial charge in [0.1, 0.15) is 6.04 Å². The van der Waals surface area contributed by atoms with Gasteiger partial charge in [-0.25, -0.2) is 0 Å². The molecule has 4 fully saturated rings. The van der Waals surface area contributed by atoms with E-state index >= 15 is 0 Å². The number of aliphatic hydroxyl groups is 1. The van der Waals surface area contributed by atoms with Gasteiger partial charge in [0, 0.05) is 37.5 Å². The van der Waals surface area contributed by atoms with E-state index in [1.807, 2.05) is 35.2 Å². The molecule has 5 atom stereocenters. The summed E-state index contributed by atoms with van der Waals surface area (Å²) >= 11 is 1.69. The zero-order valence-corrected chi connectivity index (χ0v) is 23.6. The van der Waals surface area contributed by atoms with Crippen LogP contribution in [0.25, 0.3) is 0 Å². The molecule has 1 aliphatic carbocycles. The molecule has 0 radical (unpaired) electrons. The van der Waals surface area contributed by atoms with Crippen molar-refractivity contribution in [3.63, 3.8) is 0 Å². The monoisotopic (exact) mass is 551 g/mol. The van der Waals surface area contributed by atoms with Crippen molar-refractivity contribution in [3.8, 4) is 0 Å². The summed E-state index contributed by atoms with van der Waals surface area (Å²) < 4.78 is -0.644. The molecule has 1 N–H and O–H groups in total. The summed E-state index contributed by atoms with van der Waals surface area (Å²) in [6.07, 6.45) is 10.3. The largest absolute Gasteiger partial charge is 0.395 e. The molecule has 8 heteroatoms. The van der Waals surface area contributed by atoms with Crippen molar-refractivity contribution in [1.82, 2.24) is 14.7 Å². The number of carbonyl (C=O) groups is 3. The zero-order chi connectivity index (χ0) is 27.6. The van der Waals surface area contributed by atoms with E-state index in [-0.39, 0.29) is 42.2 Å². The fourth-order valence-corrected chi connectivity index (χ4v) is 9.78. The summed E-state index contributed by atoms with van der Waals surface area (Å²) in [4.78, 5) is 48.1. The molecule has 1 aromatic carbocycles. The van der Waals surface area contributed by atoms with E-state index in [0.29, 0.717) is 19.6 Å². The fourth-order valence-electron chi connectivity index (χ4n) is 7.57. The Labute approximate surface area is 236 Å². The molecule has 7 nitrogen and oxygen atoms in total. The van der Waals surface area contributed by atoms with Gasteiger partial charge in [0.15, 0.2) is 0 Å². The van der Waals surface area contributed by atoms with E-state index in [0.717, 1.165) is 44.1 Å². The highest BCUT2D eigenvalue weighted by Crippen LogP contribution is 2.66. The van der Waals surface area contributed by atoms with Crippen molar-refractivity contribution in [2.75, 3.05) is 26.2 Å². The number of aliphatic hydroxyl groups excluding tert-OH is 1. The normalized spacial score (nSPS) is 29.8. The summed E-state index contributed by atoms with van der Waals surface area (Å²) in [6, 6.07) is 9.33. The van der Waals surface area contributed by atoms with Gasteiger partial charge in [-0.15, -0.1) is 24.9 Å². The van der Waals surface area contributed by atoms with Crippen LogP contribution in [0.2, 0.25) is 0 Å². The SMILES string of the molecule is C=CCN(Cc1ccccc1)C(=O)[C@@H]1[C@@H]2CCC3(S2)C(C(=O)N(CC=C)C2CCCCC2)N(CCO)C(=O)[C@H]13. The highest BCUT2D eigenvalue weighted by atomic mass is 32.2. The minimum atomic E-state index is -0.668. The number of benzene rings is 1. The third-order valence-electron chi connectivity index (χ3n) is 9.16. The molecule has 210 valence electrons. The average Bonchev–Trinajstić information content (AvgIpc) is 3.60. The van der Waals surface area contributed by atoms with Crippen LogP contribution in [0.4, 0.5) is 0 Å². The zero-order valence-electron chi connectivity index (χ0n) is 22.7. The van der Waals surface area contributed by atoms with Crippen LogP contribution < -0.4 is 0 Å². The van der Waals surface area contributed by atoms with Crippen LogP contribution in [-0.2, 0) is 20.9 Å². The number of hydrogen-bond donors (Lipinski definition) is 1. The predicted molar refractivity (Wildman–Crippen MR) is 154 cm³/mol. The van der Waals surface area contributed by atoms with E-state index in [1.54, 1.807) is 33.7 Å². The van der Waals surface area contributed by atoms with E-state index in [9.17, 15) is 19.5 Å². The maximum absolute atomic E-state index is 14.4. The van der Waals surface area contributed by atoms with Crippen LogP contribution >= 0.6 is 11.8 Å². The van der Waals surface area contributed by atoms with Gasteiger partial charge in [-0.1, -0.05) is 61.7 Å². The number of carbonyl (C=O) groups excluding carboxylic acids is 3. The maximum Gasteiger partial charge on any atom is 0.247 e. The molecule has 3 aliphatic heterocycles. The minimum absolute atomic E-state index is 0.00338. The lowest BCUT2D eigenvalue weighted by Crippen LogP contribution is -2.57. The van der Waals surface area contributed by atoms with Gasteiger partial charge in [0.2, 0.25) is 17.7 Å². The van der Waals surface area contributed by atoms with Gasteiger partial charge in [-0.05, 0) is 31.2 Å². The second-order valence-electron chi connectivity index (χ2n) is 11.4. The van der Waals surface area contributed by atoms with Gasteiger partial charge in [0.25, 0.3) is 0 Å². The summed E-state index contributed by atoms with van der Waals surface area (Å²) in [5.41, 5.74) is 1.03. The number of amides is 3. The second kappa shape index (κ2) is 11.9. The van der Waals surface area contributed by atoms with Crippen molar-refractivity contribution in [2.45, 2.75) is 73.6 Å². The standard InChI is InChI=1S/C31H41N3O4S/c1-3-17-32(21-22-11-7-5-8-12-22)28(36)25-24-15-16-31(39-24)26(25)29(37)34(19-20-35)27(31)30(38)33(18-4-2)23-13-9-6-10-14-23/h3-5,7-8,11-12,23-27,35H,1-2,6,9-10,13-21H2/t24-,25+,26-,27?,31?/m0/s1. The molecule has 1 saturated carbocycles. The van der Waals surface area contributed by atoms with Crippen molar-refractivity contribution < 1.29 is 19.5 Å². The number of nitrogens with zero attached hydrogens (tertiary/aromatic N) is 3. The lowest BCUT2D eigenvalue weighted by molar-refractivity contribution is -0.146. The molecule has 5 rings (SSSR count). The molecular weight excluding hydrogens is 510 g/mol. The van der Waals surface area contributed by atoms with Crippen LogP contribution in [0.3, 0.4) is 0 Å². The first-order valence-corrected chi connectivity index (χ1v) is 15.3. The Morgan fingerprint density at radius 1 is 1.05 bits per heavy atom. The van der Waals surface area contributed by atoms with Crippen molar-refractivity contribution in [3.05, 3.63) is 61.2 Å². The summed E-state index contributed by atoms with van der Waals surface area (Å²) in [5, 5.41) is 9.94. The van der Waals surface area contributed by atoms with Crippen molar-refractivity contribution >= 4 is 29.5 Å². The molecule has 0 aromatic heterocycles. The topological polar surface area (TPSA) is 81.2 Å². The Balaban J connectivity index is 1.47. The Kier molecular flexibility index (Phi) is 8.52. The lowest BCUT2D eigenvalue weighted by Gasteiger charge is -2.41. The van der Waals surface area contributed by atoms with E-state index < -0.39 is 22.6 Å². The third kappa shape index (κ3) is 4.95. The number of thioether (sulfide) groups is 1. The van der Waals surface area contributed by atoms with Gasteiger partial charge in [-0.2, -0.15) is 0 Å². The molecule has 1 aromatic rings. The third-order valence-corrected chi connectivity index (χ3v) is 11.1. The predicted octanol–water partition coefficient (Wildman–Crippen LogP) is 3.63. The number of fused-ring (bicyclic) bond motifs is 1. The lowest BCUT2D eigenvalue weighted by atomic mass is 9.70. The van der Waals surface area contributed by atoms with Crippen LogP contribution in [0.15, 0.2) is 55.6 Å². The second-order valence-corrected chi connectivity index (χ2v) is 13.0. The highest BCUT2D eigenvalue weighted by molar-refractivity contribution is 8.02. The Morgan fingerprint density at radius 2 is 1.77 bits per heavy atom. The molecule has 39 heavy (non-hydrogen) atoms. The van der Waals surface area contributed by atoms with Crippen LogP contribution in [-0.4, -0.2) is 85.8 Å². The van der Waals surface area contributed by atoms with Crippen LogP contribution in [0.1, 0.15) is 50.5 Å². The van der Waals surface area contributed by atoms with Crippen molar-refractivity contribution in [1.29, 1.82) is 0 Å².